The molecule has 0 unspecified atom stereocenters. The predicted molar refractivity (Wildman–Crippen MR) is 95.8 cm³/mol. The Morgan fingerprint density at radius 2 is 1.74 bits per heavy atom. The lowest BCUT2D eigenvalue weighted by Crippen LogP contribution is -2.29. The Kier molecular flexibility index (Phi) is 4.81. The molecule has 3 aromatic rings. The maximum absolute atomic E-state index is 11.6. The van der Waals surface area contributed by atoms with Crippen molar-refractivity contribution < 1.29 is 14.8 Å². The number of aromatic nitrogens is 2. The number of hydrogen-bond donors (Lipinski definition) is 4. The van der Waals surface area contributed by atoms with Gasteiger partial charge in [-0.3, -0.25) is 19.7 Å². The molecule has 10 heteroatoms. The number of fused-ring (bicyclic) bond motifs is 1. The van der Waals surface area contributed by atoms with Gasteiger partial charge in [-0.15, -0.1) is 0 Å². The first-order valence-electron chi connectivity index (χ1n) is 7.82. The molecule has 1 aromatic heterocycles. The summed E-state index contributed by atoms with van der Waals surface area (Å²) in [6, 6.07) is 8.76. The van der Waals surface area contributed by atoms with Crippen LogP contribution in [0.1, 0.15) is 21.5 Å². The van der Waals surface area contributed by atoms with Gasteiger partial charge in [0, 0.05) is 25.2 Å². The second kappa shape index (κ2) is 7.22. The number of nitrogens with one attached hydrogen (secondary N) is 3. The number of carboxylic acids is 1. The molecule has 0 saturated carbocycles. The second-order valence-corrected chi connectivity index (χ2v) is 5.80. The Hall–Kier alpha value is -3.79. The summed E-state index contributed by atoms with van der Waals surface area (Å²) in [6.07, 6.45) is 0. The van der Waals surface area contributed by atoms with E-state index in [1.54, 1.807) is 12.1 Å². The molecule has 0 fully saturated rings. The Morgan fingerprint density at radius 3 is 2.37 bits per heavy atom. The number of nitro groups is 1. The molecule has 0 atom stereocenters. The molecule has 0 radical (unpaired) electrons. The SMILES string of the molecule is O=C(O)c1ccc(CNCc2cc([N+](=O)[O-])cc3[nH]c(=O)c(=O)[nH]c23)cc1. The highest BCUT2D eigenvalue weighted by atomic mass is 16.6. The number of non-ortho nitro benzene ring substituents is 1. The van der Waals surface area contributed by atoms with E-state index >= 15 is 0 Å². The van der Waals surface area contributed by atoms with Crippen molar-refractivity contribution in [3.63, 3.8) is 0 Å². The Labute approximate surface area is 150 Å². The molecule has 1 heterocycles. The lowest BCUT2D eigenvalue weighted by molar-refractivity contribution is -0.384. The minimum atomic E-state index is -1.02. The van der Waals surface area contributed by atoms with Crippen molar-refractivity contribution in [1.29, 1.82) is 0 Å². The van der Waals surface area contributed by atoms with Gasteiger partial charge in [-0.2, -0.15) is 0 Å². The maximum Gasteiger partial charge on any atom is 0.335 e. The number of nitrogens with zero attached hydrogens (tertiary/aromatic N) is 1. The normalized spacial score (nSPS) is 10.8. The molecule has 3 rings (SSSR count). The van der Waals surface area contributed by atoms with E-state index in [0.717, 1.165) is 5.56 Å². The van der Waals surface area contributed by atoms with Crippen molar-refractivity contribution in [2.24, 2.45) is 0 Å². The first kappa shape index (κ1) is 18.0. The Bertz CT molecular complexity index is 1150. The fourth-order valence-electron chi connectivity index (χ4n) is 2.63. The van der Waals surface area contributed by atoms with Gasteiger partial charge in [-0.1, -0.05) is 12.1 Å². The number of H-pyrrole nitrogens is 2. The monoisotopic (exact) mass is 370 g/mol. The van der Waals surface area contributed by atoms with E-state index < -0.39 is 22.0 Å². The van der Waals surface area contributed by atoms with Crippen molar-refractivity contribution in [2.75, 3.05) is 0 Å². The van der Waals surface area contributed by atoms with Crippen LogP contribution >= 0.6 is 0 Å². The number of benzene rings is 2. The molecule has 0 spiro atoms. The molecule has 0 bridgehead atoms. The number of hydrogen-bond acceptors (Lipinski definition) is 6. The molecular weight excluding hydrogens is 356 g/mol. The maximum atomic E-state index is 11.6. The molecule has 0 saturated heterocycles. The lowest BCUT2D eigenvalue weighted by atomic mass is 10.1. The van der Waals surface area contributed by atoms with E-state index in [-0.39, 0.29) is 23.3 Å². The summed E-state index contributed by atoms with van der Waals surface area (Å²) in [6.45, 7) is 0.554. The molecule has 0 aliphatic heterocycles. The predicted octanol–water partition coefficient (Wildman–Crippen LogP) is 1.11. The average molecular weight is 370 g/mol. The summed E-state index contributed by atoms with van der Waals surface area (Å²) >= 11 is 0. The second-order valence-electron chi connectivity index (χ2n) is 5.80. The van der Waals surface area contributed by atoms with E-state index in [1.807, 2.05) is 0 Å². The summed E-state index contributed by atoms with van der Waals surface area (Å²) in [4.78, 5) is 49.2. The first-order chi connectivity index (χ1) is 12.8. The van der Waals surface area contributed by atoms with Crippen molar-refractivity contribution in [1.82, 2.24) is 15.3 Å². The number of nitro benzene ring substituents is 1. The van der Waals surface area contributed by atoms with Crippen molar-refractivity contribution in [3.05, 3.63) is 83.9 Å². The highest BCUT2D eigenvalue weighted by Gasteiger charge is 2.13. The van der Waals surface area contributed by atoms with Crippen LogP contribution in [0.15, 0.2) is 46.0 Å². The van der Waals surface area contributed by atoms with Crippen LogP contribution in [0, 0.1) is 10.1 Å². The third-order valence-electron chi connectivity index (χ3n) is 3.95. The summed E-state index contributed by atoms with van der Waals surface area (Å²) in [5.74, 6) is -1.02. The zero-order chi connectivity index (χ0) is 19.6. The van der Waals surface area contributed by atoms with E-state index in [0.29, 0.717) is 17.6 Å². The van der Waals surface area contributed by atoms with Gasteiger partial charge < -0.3 is 20.4 Å². The Balaban J connectivity index is 1.86. The number of rotatable bonds is 6. The van der Waals surface area contributed by atoms with Gasteiger partial charge >= 0.3 is 17.1 Å². The van der Waals surface area contributed by atoms with Crippen LogP contribution in [0.5, 0.6) is 0 Å². The molecule has 10 nitrogen and oxygen atoms in total. The average Bonchev–Trinajstić information content (AvgIpc) is 2.63. The molecule has 4 N–H and O–H groups in total. The van der Waals surface area contributed by atoms with Gasteiger partial charge in [0.2, 0.25) is 0 Å². The smallest absolute Gasteiger partial charge is 0.335 e. The van der Waals surface area contributed by atoms with Gasteiger partial charge in [-0.25, -0.2) is 4.79 Å². The minimum Gasteiger partial charge on any atom is -0.478 e. The first-order valence-corrected chi connectivity index (χ1v) is 7.82. The molecule has 0 aliphatic rings. The highest BCUT2D eigenvalue weighted by molar-refractivity contribution is 5.87. The van der Waals surface area contributed by atoms with Gasteiger partial charge in [0.05, 0.1) is 21.5 Å². The summed E-state index contributed by atoms with van der Waals surface area (Å²) in [7, 11) is 0. The van der Waals surface area contributed by atoms with E-state index in [9.17, 15) is 24.5 Å². The fraction of sp³-hybridized carbons (Fsp3) is 0.118. The standard InChI is InChI=1S/C17H14N4O6/c22-15-16(23)20-14-11(5-12(21(26)27)6-13(14)19-15)8-18-7-9-1-3-10(4-2-9)17(24)25/h1-6,18H,7-8H2,(H,19,22)(H,20,23)(H,24,25). The zero-order valence-electron chi connectivity index (χ0n) is 13.8. The number of carbonyl (C=O) groups is 1. The van der Waals surface area contributed by atoms with Crippen LogP contribution in [0.2, 0.25) is 0 Å². The lowest BCUT2D eigenvalue weighted by Gasteiger charge is -2.09. The summed E-state index contributed by atoms with van der Waals surface area (Å²) < 4.78 is 0. The van der Waals surface area contributed by atoms with Crippen LogP contribution in [-0.2, 0) is 13.1 Å². The largest absolute Gasteiger partial charge is 0.478 e. The van der Waals surface area contributed by atoms with Gasteiger partial charge in [-0.05, 0) is 23.3 Å². The number of carboxylic acid groups (broad SMARTS) is 1. The fourth-order valence-corrected chi connectivity index (χ4v) is 2.63. The minimum absolute atomic E-state index is 0.163. The van der Waals surface area contributed by atoms with Crippen molar-refractivity contribution >= 4 is 22.7 Å². The number of aromatic carboxylic acids is 1. The van der Waals surface area contributed by atoms with E-state index in [1.165, 1.54) is 24.3 Å². The van der Waals surface area contributed by atoms with Crippen LogP contribution in [0.25, 0.3) is 11.0 Å². The highest BCUT2D eigenvalue weighted by Crippen LogP contribution is 2.21. The molecule has 0 amide bonds. The van der Waals surface area contributed by atoms with Crippen LogP contribution < -0.4 is 16.4 Å². The quantitative estimate of drug-likeness (QED) is 0.287. The van der Waals surface area contributed by atoms with Crippen LogP contribution in [0.3, 0.4) is 0 Å². The molecular formula is C17H14N4O6. The van der Waals surface area contributed by atoms with Crippen LogP contribution in [0.4, 0.5) is 5.69 Å². The van der Waals surface area contributed by atoms with Crippen molar-refractivity contribution in [2.45, 2.75) is 13.1 Å². The van der Waals surface area contributed by atoms with Crippen LogP contribution in [-0.4, -0.2) is 26.0 Å². The van der Waals surface area contributed by atoms with Crippen molar-refractivity contribution in [3.8, 4) is 0 Å². The Morgan fingerprint density at radius 1 is 1.07 bits per heavy atom. The summed E-state index contributed by atoms with van der Waals surface area (Å²) in [5.41, 5.74) is -0.0539. The van der Waals surface area contributed by atoms with E-state index in [2.05, 4.69) is 15.3 Å². The van der Waals surface area contributed by atoms with E-state index in [4.69, 9.17) is 5.11 Å². The molecule has 27 heavy (non-hydrogen) atoms. The third kappa shape index (κ3) is 3.90. The molecule has 138 valence electrons. The van der Waals surface area contributed by atoms with Gasteiger partial charge in [0.15, 0.2) is 0 Å². The molecule has 2 aromatic carbocycles. The topological polar surface area (TPSA) is 158 Å². The zero-order valence-corrected chi connectivity index (χ0v) is 13.8. The van der Waals surface area contributed by atoms with Gasteiger partial charge in [0.25, 0.3) is 5.69 Å². The summed E-state index contributed by atoms with van der Waals surface area (Å²) in [5, 5.41) is 23.1. The third-order valence-corrected chi connectivity index (χ3v) is 3.95. The molecule has 0 aliphatic carbocycles. The van der Waals surface area contributed by atoms with Gasteiger partial charge in [0.1, 0.15) is 0 Å². The number of aromatic amines is 2.